The van der Waals surface area contributed by atoms with Crippen molar-refractivity contribution in [3.05, 3.63) is 123 Å². The van der Waals surface area contributed by atoms with Gasteiger partial charge in [0.25, 0.3) is 0 Å². The molecule has 22 nitrogen and oxygen atoms in total. The monoisotopic (exact) mass is 1090 g/mol. The Morgan fingerprint density at radius 1 is 0.962 bits per heavy atom. The lowest BCUT2D eigenvalue weighted by Crippen LogP contribution is -2.70. The molecule has 22 heteroatoms. The topological polar surface area (TPSA) is 331 Å². The first-order chi connectivity index (χ1) is 38.4. The number of aldehydes is 1. The third-order valence-corrected chi connectivity index (χ3v) is 16.7. The van der Waals surface area contributed by atoms with Crippen molar-refractivity contribution in [2.45, 2.75) is 125 Å². The van der Waals surface area contributed by atoms with Gasteiger partial charge in [-0.25, -0.2) is 0 Å². The van der Waals surface area contributed by atoms with Crippen molar-refractivity contribution >= 4 is 29.4 Å². The van der Waals surface area contributed by atoms with Crippen molar-refractivity contribution in [2.75, 3.05) is 51.1 Å². The maximum atomic E-state index is 15.3. The standard InChI is InChI=1S/C57H70N8O14/c58-53-43-33(15-17-60-53)29(12-14-39(43)62-31-7-1-2-8-31)24-76-52-49(73)48(72)41-26-75-23-30(6-5-18-66)42(35-9-3-4-10-40(35)65-27-61-45-54(65)63-57(59)64-55(45)74)38-21-37-44(47(71)36-20-28(22-68)11-13-34(36)46(37)70)51(50(38)79-56(52)78-41)77-25-32(69)16-19-67/h3-4,9-15,19-21,29-32,39,41-42,45,48-49,52,54,56-57,60-63,66,68-69,72-73H,1-2,5-8,16-18,22-27,58-59H2,(H,64,74). The van der Waals surface area contributed by atoms with Crippen LogP contribution in [-0.4, -0.2) is 163 Å². The lowest BCUT2D eigenvalue weighted by Gasteiger charge is -2.43. The summed E-state index contributed by atoms with van der Waals surface area (Å²) in [6, 6.07) is 13.0. The second kappa shape index (κ2) is 23.5. The summed E-state index contributed by atoms with van der Waals surface area (Å²) in [6.07, 6.45) is 0.958. The lowest BCUT2D eigenvalue weighted by atomic mass is 9.74. The number of para-hydroxylation sites is 1. The summed E-state index contributed by atoms with van der Waals surface area (Å²) >= 11 is 0. The van der Waals surface area contributed by atoms with Crippen molar-refractivity contribution in [1.82, 2.24) is 26.6 Å². The van der Waals surface area contributed by atoms with Gasteiger partial charge in [0.1, 0.15) is 61.6 Å². The second-order valence-electron chi connectivity index (χ2n) is 21.6. The summed E-state index contributed by atoms with van der Waals surface area (Å²) in [7, 11) is 0. The number of anilines is 1. The van der Waals surface area contributed by atoms with Crippen LogP contribution in [0, 0.1) is 11.8 Å². The van der Waals surface area contributed by atoms with Gasteiger partial charge in [0.05, 0.1) is 50.8 Å². The first-order valence-corrected chi connectivity index (χ1v) is 27.4. The SMILES string of the molecule is NC1=C2C(=CCN1)C(COC1C3Oc4c(cc5c(c4OCC(O)CC=O)C(=O)c4cc(CO)ccc4C5=O)C(c4ccccc4N4CNC5C(=O)NC(N)NC54)C(CCCO)COCC(O3)C(O)C1O)C=CC2NC1CCCC1. The minimum Gasteiger partial charge on any atom is -0.486 e. The number of amides is 1. The van der Waals surface area contributed by atoms with E-state index in [-0.39, 0.29) is 103 Å². The molecule has 8 aliphatic rings. The Morgan fingerprint density at radius 3 is 2.58 bits per heavy atom. The van der Waals surface area contributed by atoms with Gasteiger partial charge in [0, 0.05) is 71.0 Å². The minimum atomic E-state index is -1.66. The number of hydrogen-bond acceptors (Lipinski definition) is 21. The van der Waals surface area contributed by atoms with Gasteiger partial charge in [-0.05, 0) is 72.6 Å². The number of rotatable bonds is 16. The molecule has 0 radical (unpaired) electrons. The number of dihydropyridines is 1. The lowest BCUT2D eigenvalue weighted by molar-refractivity contribution is -0.290. The zero-order valence-electron chi connectivity index (χ0n) is 43.6. The highest BCUT2D eigenvalue weighted by Gasteiger charge is 2.51. The number of hydrogen-bond donors (Lipinski definition) is 12. The smallest absolute Gasteiger partial charge is 0.242 e. The molecule has 0 spiro atoms. The van der Waals surface area contributed by atoms with Crippen LogP contribution >= 0.6 is 0 Å². The van der Waals surface area contributed by atoms with Crippen LogP contribution in [0.1, 0.15) is 99.4 Å². The number of carbonyl (C=O) groups is 4. The molecule has 0 aromatic heterocycles. The third-order valence-electron chi connectivity index (χ3n) is 16.7. The average Bonchev–Trinajstić information content (AvgIpc) is 4.24. The summed E-state index contributed by atoms with van der Waals surface area (Å²) < 4.78 is 33.7. The zero-order valence-corrected chi connectivity index (χ0v) is 43.6. The number of nitrogens with one attached hydrogen (secondary N) is 5. The van der Waals surface area contributed by atoms with Gasteiger partial charge >= 0.3 is 0 Å². The Kier molecular flexibility index (Phi) is 16.3. The van der Waals surface area contributed by atoms with Crippen molar-refractivity contribution in [3.63, 3.8) is 0 Å². The molecule has 422 valence electrons. The number of fused-ring (bicyclic) bond motifs is 7. The zero-order chi connectivity index (χ0) is 55.1. The van der Waals surface area contributed by atoms with Crippen LogP contribution in [0.2, 0.25) is 0 Å². The first-order valence-electron chi connectivity index (χ1n) is 27.4. The van der Waals surface area contributed by atoms with E-state index in [9.17, 15) is 35.1 Å². The van der Waals surface area contributed by atoms with E-state index < -0.39 is 91.9 Å². The molecule has 14 N–H and O–H groups in total. The van der Waals surface area contributed by atoms with E-state index in [2.05, 4.69) is 38.7 Å². The summed E-state index contributed by atoms with van der Waals surface area (Å²) in [5.41, 5.74) is 16.4. The minimum absolute atomic E-state index is 0.0235. The fourth-order valence-electron chi connectivity index (χ4n) is 12.8. The van der Waals surface area contributed by atoms with Gasteiger partial charge in [-0.3, -0.25) is 30.8 Å². The Hall–Kier alpha value is -6.12. The number of carbonyl (C=O) groups excluding carboxylic acids is 4. The number of benzene rings is 3. The Balaban J connectivity index is 1.08. The number of aliphatic hydroxyl groups excluding tert-OH is 5. The van der Waals surface area contributed by atoms with Gasteiger partial charge in [-0.1, -0.05) is 55.3 Å². The highest BCUT2D eigenvalue weighted by molar-refractivity contribution is 6.29. The molecule has 1 amide bonds. The normalized spacial score (nSPS) is 30.8. The maximum Gasteiger partial charge on any atom is 0.242 e. The summed E-state index contributed by atoms with van der Waals surface area (Å²) in [5.74, 6) is -3.29. The Bertz CT molecular complexity index is 2910. The number of nitrogens with zero attached hydrogens (tertiary/aromatic N) is 1. The van der Waals surface area contributed by atoms with Gasteiger partial charge in [0.2, 0.25) is 12.2 Å². The number of aliphatic hydroxyl groups is 5. The maximum absolute atomic E-state index is 15.3. The highest BCUT2D eigenvalue weighted by atomic mass is 16.7. The van der Waals surface area contributed by atoms with E-state index in [1.54, 1.807) is 12.1 Å². The van der Waals surface area contributed by atoms with Crippen LogP contribution in [0.15, 0.2) is 83.7 Å². The predicted molar refractivity (Wildman–Crippen MR) is 284 cm³/mol. The number of nitrogens with two attached hydrogens (primary N) is 2. The second-order valence-corrected chi connectivity index (χ2v) is 21.6. The van der Waals surface area contributed by atoms with Crippen LogP contribution in [0.4, 0.5) is 5.69 Å². The van der Waals surface area contributed by atoms with E-state index in [0.29, 0.717) is 47.9 Å². The Labute approximate surface area is 456 Å². The molecule has 11 rings (SSSR count). The van der Waals surface area contributed by atoms with Crippen LogP contribution in [0.3, 0.4) is 0 Å². The largest absolute Gasteiger partial charge is 0.486 e. The van der Waals surface area contributed by atoms with Gasteiger partial charge in [-0.15, -0.1) is 0 Å². The molecule has 3 saturated heterocycles. The fourth-order valence-corrected chi connectivity index (χ4v) is 12.8. The van der Waals surface area contributed by atoms with Crippen LogP contribution in [0.25, 0.3) is 0 Å². The van der Waals surface area contributed by atoms with Gasteiger partial charge in [0.15, 0.2) is 23.1 Å². The van der Waals surface area contributed by atoms with E-state index in [1.165, 1.54) is 12.1 Å². The molecule has 5 heterocycles. The van der Waals surface area contributed by atoms with Crippen molar-refractivity contribution < 1.29 is 68.4 Å². The van der Waals surface area contributed by atoms with E-state index in [4.69, 9.17) is 35.2 Å². The molecule has 5 aliphatic heterocycles. The number of ketones is 2. The highest BCUT2D eigenvalue weighted by Crippen LogP contribution is 2.52. The van der Waals surface area contributed by atoms with E-state index >= 15 is 9.59 Å². The first kappa shape index (κ1) is 54.8. The molecule has 79 heavy (non-hydrogen) atoms. The van der Waals surface area contributed by atoms with E-state index in [1.807, 2.05) is 35.2 Å². The quantitative estimate of drug-likeness (QED) is 0.0513. The van der Waals surface area contributed by atoms with Crippen LogP contribution in [-0.2, 0) is 30.4 Å². The summed E-state index contributed by atoms with van der Waals surface area (Å²) in [6.45, 7) is -0.856. The molecule has 3 aromatic carbocycles. The molecular weight excluding hydrogens is 1020 g/mol. The average molecular weight is 1090 g/mol. The van der Waals surface area contributed by atoms with Crippen molar-refractivity contribution in [1.29, 1.82) is 0 Å². The molecule has 3 aliphatic carbocycles. The fraction of sp³-hybridized carbons (Fsp3) is 0.509. The molecule has 1 saturated carbocycles. The van der Waals surface area contributed by atoms with Crippen molar-refractivity contribution in [3.8, 4) is 11.5 Å². The van der Waals surface area contributed by atoms with Crippen molar-refractivity contribution in [2.24, 2.45) is 23.3 Å². The van der Waals surface area contributed by atoms with E-state index in [0.717, 1.165) is 36.8 Å². The molecule has 3 aromatic rings. The van der Waals surface area contributed by atoms with Gasteiger partial charge < -0.3 is 80.6 Å². The molecule has 4 fully saturated rings. The third kappa shape index (κ3) is 10.6. The summed E-state index contributed by atoms with van der Waals surface area (Å²) in [4.78, 5) is 57.5. The van der Waals surface area contributed by atoms with Gasteiger partial charge in [-0.2, -0.15) is 0 Å². The molecule has 13 unspecified atom stereocenters. The molecule has 13 atom stereocenters. The Morgan fingerprint density at radius 2 is 1.78 bits per heavy atom. The number of ether oxygens (including phenoxy) is 5. The summed E-state index contributed by atoms with van der Waals surface area (Å²) in [5, 5.41) is 72.4. The molecular formula is C57H70N8O14. The van der Waals surface area contributed by atoms with Crippen LogP contribution in [0.5, 0.6) is 11.5 Å². The van der Waals surface area contributed by atoms with Crippen LogP contribution < -0.4 is 52.4 Å². The predicted octanol–water partition coefficient (Wildman–Crippen LogP) is -0.145. The molecule has 2 bridgehead atoms.